The standard InChI is InChI=1S/C44H32/c1-5-34-35(6-2)42-33(26-25-30-19-12-13-22-38(30)42)28-41(34)44-37(8-4)36(7-3)43(39-23-14-15-24-40(39)44)32-21-16-20-31(27-32)29-17-10-9-11-18-29/h5-28H,1-4H2. The topological polar surface area (TPSA) is 0 Å². The summed E-state index contributed by atoms with van der Waals surface area (Å²) in [6.07, 6.45) is 7.91. The van der Waals surface area contributed by atoms with Gasteiger partial charge in [0.05, 0.1) is 0 Å². The largest absolute Gasteiger partial charge is 0.0984 e. The van der Waals surface area contributed by atoms with Crippen molar-refractivity contribution in [2.24, 2.45) is 0 Å². The van der Waals surface area contributed by atoms with E-state index in [-0.39, 0.29) is 0 Å². The van der Waals surface area contributed by atoms with E-state index in [0.717, 1.165) is 55.3 Å². The molecule has 0 heterocycles. The zero-order chi connectivity index (χ0) is 30.2. The van der Waals surface area contributed by atoms with Gasteiger partial charge in [-0.2, -0.15) is 0 Å². The zero-order valence-electron chi connectivity index (χ0n) is 24.7. The SMILES string of the molecule is C=Cc1c(C=C)c(-c2cc3ccc4ccccc4c3c(C=C)c2C=C)c2ccccc2c1-c1cccc(-c2ccccc2)c1. The Hall–Kier alpha value is -5.72. The molecule has 0 unspecified atom stereocenters. The molecule has 0 amide bonds. The maximum Gasteiger partial charge on any atom is -0.00201 e. The van der Waals surface area contributed by atoms with Crippen LogP contribution >= 0.6 is 0 Å². The number of hydrogen-bond donors (Lipinski definition) is 0. The highest BCUT2D eigenvalue weighted by Crippen LogP contribution is 2.47. The second-order valence-corrected chi connectivity index (χ2v) is 11.0. The normalized spacial score (nSPS) is 11.1. The lowest BCUT2D eigenvalue weighted by molar-refractivity contribution is 1.57. The van der Waals surface area contributed by atoms with Crippen molar-refractivity contribution in [2.75, 3.05) is 0 Å². The molecule has 0 spiro atoms. The summed E-state index contributed by atoms with van der Waals surface area (Å²) >= 11 is 0. The van der Waals surface area contributed by atoms with Gasteiger partial charge in [-0.1, -0.05) is 160 Å². The Labute approximate surface area is 259 Å². The molecule has 0 saturated heterocycles. The first kappa shape index (κ1) is 27.1. The number of rotatable bonds is 7. The Morgan fingerprint density at radius 2 is 0.909 bits per heavy atom. The van der Waals surface area contributed by atoms with E-state index in [9.17, 15) is 0 Å². The minimum atomic E-state index is 1.05. The summed E-state index contributed by atoms with van der Waals surface area (Å²) in [4.78, 5) is 0. The van der Waals surface area contributed by atoms with Gasteiger partial charge in [-0.3, -0.25) is 0 Å². The second kappa shape index (κ2) is 11.2. The van der Waals surface area contributed by atoms with Crippen molar-refractivity contribution < 1.29 is 0 Å². The molecule has 44 heavy (non-hydrogen) atoms. The van der Waals surface area contributed by atoms with Crippen LogP contribution in [0.3, 0.4) is 0 Å². The monoisotopic (exact) mass is 560 g/mol. The molecule has 7 rings (SSSR count). The van der Waals surface area contributed by atoms with Gasteiger partial charge in [-0.25, -0.2) is 0 Å². The zero-order valence-corrected chi connectivity index (χ0v) is 24.7. The van der Waals surface area contributed by atoms with Crippen molar-refractivity contribution in [2.45, 2.75) is 0 Å². The molecule has 0 radical (unpaired) electrons. The van der Waals surface area contributed by atoms with Crippen LogP contribution in [0.25, 0.3) is 90.0 Å². The number of hydrogen-bond acceptors (Lipinski definition) is 0. The molecular formula is C44H32. The predicted octanol–water partition coefficient (Wildman–Crippen LogP) is 12.7. The van der Waals surface area contributed by atoms with E-state index in [2.05, 4.69) is 148 Å². The quantitative estimate of drug-likeness (QED) is 0.170. The van der Waals surface area contributed by atoms with Gasteiger partial charge in [-0.15, -0.1) is 0 Å². The lowest BCUT2D eigenvalue weighted by Gasteiger charge is -2.23. The Kier molecular flexibility index (Phi) is 6.89. The molecule has 0 heteroatoms. The summed E-state index contributed by atoms with van der Waals surface area (Å²) in [5.41, 5.74) is 11.2. The second-order valence-electron chi connectivity index (χ2n) is 11.0. The predicted molar refractivity (Wildman–Crippen MR) is 196 cm³/mol. The van der Waals surface area contributed by atoms with E-state index >= 15 is 0 Å². The first-order valence-corrected chi connectivity index (χ1v) is 14.9. The molecule has 208 valence electrons. The van der Waals surface area contributed by atoms with Gasteiger partial charge in [0.25, 0.3) is 0 Å². The highest BCUT2D eigenvalue weighted by molar-refractivity contribution is 6.17. The van der Waals surface area contributed by atoms with Crippen LogP contribution in [0.4, 0.5) is 0 Å². The Morgan fingerprint density at radius 1 is 0.364 bits per heavy atom. The fraction of sp³-hybridized carbons (Fsp3) is 0. The maximum atomic E-state index is 4.34. The Bertz CT molecular complexity index is 2280. The molecule has 0 aliphatic rings. The van der Waals surface area contributed by atoms with Gasteiger partial charge in [0.1, 0.15) is 0 Å². The molecule has 0 N–H and O–H groups in total. The first-order valence-electron chi connectivity index (χ1n) is 14.9. The molecule has 7 aromatic rings. The van der Waals surface area contributed by atoms with Gasteiger partial charge >= 0.3 is 0 Å². The van der Waals surface area contributed by atoms with Crippen LogP contribution in [-0.2, 0) is 0 Å². The molecule has 0 nitrogen and oxygen atoms in total. The highest BCUT2D eigenvalue weighted by Gasteiger charge is 2.22. The average Bonchev–Trinajstić information content (AvgIpc) is 3.09. The molecule has 0 aromatic heterocycles. The van der Waals surface area contributed by atoms with Gasteiger partial charge in [0.2, 0.25) is 0 Å². The molecule has 0 bridgehead atoms. The van der Waals surface area contributed by atoms with Crippen molar-refractivity contribution in [3.8, 4) is 33.4 Å². The summed E-state index contributed by atoms with van der Waals surface area (Å²) in [5, 5.41) is 7.11. The smallest absolute Gasteiger partial charge is 0.00201 e. The minimum absolute atomic E-state index is 1.05. The Morgan fingerprint density at radius 3 is 1.61 bits per heavy atom. The molecular weight excluding hydrogens is 528 g/mol. The van der Waals surface area contributed by atoms with Gasteiger partial charge in [0.15, 0.2) is 0 Å². The lowest BCUT2D eigenvalue weighted by Crippen LogP contribution is -1.99. The average molecular weight is 561 g/mol. The van der Waals surface area contributed by atoms with E-state index in [1.54, 1.807) is 0 Å². The minimum Gasteiger partial charge on any atom is -0.0984 e. The molecule has 0 aliphatic heterocycles. The van der Waals surface area contributed by atoms with Crippen LogP contribution in [0.15, 0.2) is 148 Å². The summed E-state index contributed by atoms with van der Waals surface area (Å²) in [7, 11) is 0. The summed E-state index contributed by atoms with van der Waals surface area (Å²) in [6.45, 7) is 17.2. The van der Waals surface area contributed by atoms with Crippen molar-refractivity contribution in [1.82, 2.24) is 0 Å². The number of benzene rings is 7. The third-order valence-electron chi connectivity index (χ3n) is 8.75. The third-order valence-corrected chi connectivity index (χ3v) is 8.75. The maximum absolute atomic E-state index is 4.34. The molecule has 7 aromatic carbocycles. The molecule has 0 atom stereocenters. The summed E-state index contributed by atoms with van der Waals surface area (Å²) in [6, 6.07) is 43.2. The van der Waals surface area contributed by atoms with Crippen molar-refractivity contribution in [3.05, 3.63) is 170 Å². The van der Waals surface area contributed by atoms with Gasteiger partial charge in [-0.05, 0) is 100 Å². The van der Waals surface area contributed by atoms with E-state index in [4.69, 9.17) is 0 Å². The van der Waals surface area contributed by atoms with E-state index in [1.807, 2.05) is 24.3 Å². The molecule has 0 aliphatic carbocycles. The van der Waals surface area contributed by atoms with Crippen LogP contribution in [0.2, 0.25) is 0 Å². The van der Waals surface area contributed by atoms with Crippen molar-refractivity contribution in [3.63, 3.8) is 0 Å². The lowest BCUT2D eigenvalue weighted by atomic mass is 9.80. The fourth-order valence-corrected chi connectivity index (χ4v) is 6.85. The van der Waals surface area contributed by atoms with E-state index < -0.39 is 0 Å². The van der Waals surface area contributed by atoms with Crippen molar-refractivity contribution in [1.29, 1.82) is 0 Å². The van der Waals surface area contributed by atoms with Crippen molar-refractivity contribution >= 4 is 56.6 Å². The molecule has 0 saturated carbocycles. The van der Waals surface area contributed by atoms with Crippen LogP contribution in [-0.4, -0.2) is 0 Å². The van der Waals surface area contributed by atoms with Crippen LogP contribution in [0.5, 0.6) is 0 Å². The van der Waals surface area contributed by atoms with E-state index in [1.165, 1.54) is 32.7 Å². The summed E-state index contributed by atoms with van der Waals surface area (Å²) < 4.78 is 0. The van der Waals surface area contributed by atoms with Gasteiger partial charge < -0.3 is 0 Å². The van der Waals surface area contributed by atoms with Crippen LogP contribution < -0.4 is 0 Å². The fourth-order valence-electron chi connectivity index (χ4n) is 6.85. The van der Waals surface area contributed by atoms with Gasteiger partial charge in [0, 0.05) is 0 Å². The highest BCUT2D eigenvalue weighted by atomic mass is 14.2. The molecule has 0 fully saturated rings. The Balaban J connectivity index is 1.60. The van der Waals surface area contributed by atoms with E-state index in [0.29, 0.717) is 0 Å². The first-order chi connectivity index (χ1) is 21.7. The van der Waals surface area contributed by atoms with Crippen LogP contribution in [0, 0.1) is 0 Å². The summed E-state index contributed by atoms with van der Waals surface area (Å²) in [5.74, 6) is 0. The third kappa shape index (κ3) is 4.23. The van der Waals surface area contributed by atoms with Crippen LogP contribution in [0.1, 0.15) is 22.3 Å². The number of fused-ring (bicyclic) bond motifs is 4.